The van der Waals surface area contributed by atoms with Gasteiger partial charge in [0.15, 0.2) is 0 Å². The van der Waals surface area contributed by atoms with Crippen LogP contribution in [0.2, 0.25) is 0 Å². The van der Waals surface area contributed by atoms with E-state index >= 15 is 0 Å². The molecule has 2 fully saturated rings. The second-order valence-electron chi connectivity index (χ2n) is 10.7. The van der Waals surface area contributed by atoms with Gasteiger partial charge < -0.3 is 16.4 Å². The van der Waals surface area contributed by atoms with Crippen LogP contribution in [0.4, 0.5) is 16.2 Å². The molecular formula is C29H40N6O4S. The zero-order valence-electron chi connectivity index (χ0n) is 23.1. The van der Waals surface area contributed by atoms with Crippen LogP contribution < -0.4 is 21.3 Å². The molecule has 0 aromatic heterocycles. The molecule has 0 unspecified atom stereocenters. The molecule has 40 heavy (non-hydrogen) atoms. The van der Waals surface area contributed by atoms with E-state index in [1.807, 2.05) is 17.0 Å². The number of carbonyl (C=O) groups is 2. The first-order valence-corrected chi connectivity index (χ1v) is 15.6. The Morgan fingerprint density at radius 2 is 1.68 bits per heavy atom. The van der Waals surface area contributed by atoms with Gasteiger partial charge in [-0.25, -0.2) is 17.5 Å². The number of amides is 3. The summed E-state index contributed by atoms with van der Waals surface area (Å²) in [6, 6.07) is 13.9. The van der Waals surface area contributed by atoms with Gasteiger partial charge in [-0.15, -0.1) is 0 Å². The number of rotatable bonds is 8. The first-order chi connectivity index (χ1) is 19.1. The van der Waals surface area contributed by atoms with E-state index < -0.39 is 10.0 Å². The molecule has 0 radical (unpaired) electrons. The van der Waals surface area contributed by atoms with Crippen molar-refractivity contribution in [2.45, 2.75) is 76.1 Å². The first-order valence-electron chi connectivity index (χ1n) is 14.0. The van der Waals surface area contributed by atoms with Crippen molar-refractivity contribution in [3.8, 4) is 0 Å². The summed E-state index contributed by atoms with van der Waals surface area (Å²) in [7, 11) is -3.61. The maximum Gasteiger partial charge on any atom is 0.322 e. The van der Waals surface area contributed by atoms with Crippen LogP contribution in [0.1, 0.15) is 69.4 Å². The quantitative estimate of drug-likeness (QED) is 0.214. The van der Waals surface area contributed by atoms with E-state index in [-0.39, 0.29) is 35.6 Å². The Morgan fingerprint density at radius 1 is 1.00 bits per heavy atom. The predicted molar refractivity (Wildman–Crippen MR) is 158 cm³/mol. The van der Waals surface area contributed by atoms with Crippen LogP contribution in [0.25, 0.3) is 0 Å². The zero-order valence-corrected chi connectivity index (χ0v) is 23.9. The first kappa shape index (κ1) is 29.5. The van der Waals surface area contributed by atoms with Gasteiger partial charge >= 0.3 is 6.03 Å². The topological polar surface area (TPSA) is 149 Å². The van der Waals surface area contributed by atoms with E-state index in [9.17, 15) is 18.0 Å². The Hall–Kier alpha value is -3.44. The van der Waals surface area contributed by atoms with Gasteiger partial charge in [0, 0.05) is 49.0 Å². The van der Waals surface area contributed by atoms with Gasteiger partial charge in [-0.05, 0) is 49.4 Å². The lowest BCUT2D eigenvalue weighted by Crippen LogP contribution is -2.53. The van der Waals surface area contributed by atoms with E-state index in [1.54, 1.807) is 36.4 Å². The fourth-order valence-electron chi connectivity index (χ4n) is 5.60. The molecule has 0 bridgehead atoms. The van der Waals surface area contributed by atoms with Crippen LogP contribution in [0.15, 0.2) is 48.5 Å². The highest BCUT2D eigenvalue weighted by atomic mass is 32.2. The number of para-hydroxylation sites is 1. The number of urea groups is 1. The van der Waals surface area contributed by atoms with Gasteiger partial charge in [0.1, 0.15) is 5.84 Å². The summed E-state index contributed by atoms with van der Waals surface area (Å²) >= 11 is 0. The van der Waals surface area contributed by atoms with Crippen LogP contribution in [-0.4, -0.2) is 55.7 Å². The smallest absolute Gasteiger partial charge is 0.322 e. The molecule has 2 aromatic carbocycles. The summed E-state index contributed by atoms with van der Waals surface area (Å²) in [5, 5.41) is 13.7. The minimum Gasteiger partial charge on any atom is -0.384 e. The molecule has 0 spiro atoms. The van der Waals surface area contributed by atoms with Gasteiger partial charge in [0.25, 0.3) is 0 Å². The van der Waals surface area contributed by atoms with E-state index in [1.165, 1.54) is 11.2 Å². The van der Waals surface area contributed by atoms with E-state index in [0.29, 0.717) is 42.7 Å². The number of hydrogen-bond acceptors (Lipinski definition) is 5. The molecule has 11 heteroatoms. The molecule has 5 N–H and O–H groups in total. The second kappa shape index (κ2) is 13.3. The Labute approximate surface area is 236 Å². The number of piperidine rings is 1. The van der Waals surface area contributed by atoms with Crippen LogP contribution in [-0.2, 0) is 20.6 Å². The summed E-state index contributed by atoms with van der Waals surface area (Å²) in [5.41, 5.74) is 8.05. The highest BCUT2D eigenvalue weighted by molar-refractivity contribution is 7.88. The van der Waals surface area contributed by atoms with Crippen LogP contribution in [0.3, 0.4) is 0 Å². The monoisotopic (exact) mass is 568 g/mol. The molecule has 10 nitrogen and oxygen atoms in total. The van der Waals surface area contributed by atoms with Gasteiger partial charge in [-0.2, -0.15) is 0 Å². The number of hydrogen-bond donors (Lipinski definition) is 4. The summed E-state index contributed by atoms with van der Waals surface area (Å²) in [5.74, 6) is -0.508. The van der Waals surface area contributed by atoms with Crippen LogP contribution >= 0.6 is 0 Å². The van der Waals surface area contributed by atoms with Crippen LogP contribution in [0, 0.1) is 5.41 Å². The summed E-state index contributed by atoms with van der Waals surface area (Å²) in [4.78, 5) is 27.1. The van der Waals surface area contributed by atoms with Gasteiger partial charge in [0.05, 0.1) is 5.75 Å². The third-order valence-electron chi connectivity index (χ3n) is 7.68. The van der Waals surface area contributed by atoms with Gasteiger partial charge in [0.2, 0.25) is 15.9 Å². The molecule has 2 aliphatic rings. The number of nitrogens with one attached hydrogen (secondary N) is 3. The van der Waals surface area contributed by atoms with Gasteiger partial charge in [-0.3, -0.25) is 15.1 Å². The lowest BCUT2D eigenvalue weighted by Gasteiger charge is -2.36. The number of nitrogens with two attached hydrogens (primary N) is 1. The van der Waals surface area contributed by atoms with Crippen molar-refractivity contribution in [2.24, 2.45) is 5.73 Å². The van der Waals surface area contributed by atoms with Crippen molar-refractivity contribution < 1.29 is 18.0 Å². The third kappa shape index (κ3) is 7.60. The van der Waals surface area contributed by atoms with Crippen molar-refractivity contribution in [1.82, 2.24) is 9.62 Å². The Balaban J connectivity index is 1.42. The molecular weight excluding hydrogens is 528 g/mol. The fraction of sp³-hybridized carbons (Fsp3) is 0.483. The SMILES string of the molecule is CC(=O)Nc1ccccc1CS(=O)(=O)N1CCC(NC(=O)N(c2cccc(C(=N)N)c2)C2CCCCCC2)CC1. The Morgan fingerprint density at radius 3 is 2.33 bits per heavy atom. The van der Waals surface area contributed by atoms with E-state index in [4.69, 9.17) is 11.1 Å². The number of amidine groups is 1. The molecule has 1 saturated heterocycles. The second-order valence-corrected chi connectivity index (χ2v) is 12.7. The number of carbonyl (C=O) groups excluding carboxylic acids is 2. The van der Waals surface area contributed by atoms with Crippen molar-refractivity contribution >= 4 is 39.2 Å². The maximum absolute atomic E-state index is 13.7. The van der Waals surface area contributed by atoms with Crippen molar-refractivity contribution in [3.05, 3.63) is 59.7 Å². The molecule has 1 aliphatic heterocycles. The third-order valence-corrected chi connectivity index (χ3v) is 9.51. The molecule has 3 amide bonds. The number of nitrogen functional groups attached to an aromatic ring is 1. The normalized spacial score (nSPS) is 17.5. The lowest BCUT2D eigenvalue weighted by molar-refractivity contribution is -0.114. The summed E-state index contributed by atoms with van der Waals surface area (Å²) in [6.45, 7) is 2.00. The lowest BCUT2D eigenvalue weighted by atomic mass is 10.0. The highest BCUT2D eigenvalue weighted by Gasteiger charge is 2.32. The molecule has 2 aromatic rings. The molecule has 1 heterocycles. The molecule has 1 saturated carbocycles. The Bertz CT molecular complexity index is 1320. The van der Waals surface area contributed by atoms with Crippen molar-refractivity contribution in [1.29, 1.82) is 5.41 Å². The fourth-order valence-corrected chi connectivity index (χ4v) is 7.20. The number of anilines is 2. The average Bonchev–Trinajstić information content (AvgIpc) is 3.19. The van der Waals surface area contributed by atoms with E-state index in [2.05, 4.69) is 10.6 Å². The molecule has 4 rings (SSSR count). The summed E-state index contributed by atoms with van der Waals surface area (Å²) in [6.07, 6.45) is 7.25. The number of sulfonamides is 1. The van der Waals surface area contributed by atoms with Crippen molar-refractivity contribution in [3.63, 3.8) is 0 Å². The molecule has 1 aliphatic carbocycles. The van der Waals surface area contributed by atoms with E-state index in [0.717, 1.165) is 44.2 Å². The highest BCUT2D eigenvalue weighted by Crippen LogP contribution is 2.28. The minimum atomic E-state index is -3.61. The number of benzene rings is 2. The van der Waals surface area contributed by atoms with Crippen molar-refractivity contribution in [2.75, 3.05) is 23.3 Å². The molecule has 0 atom stereocenters. The minimum absolute atomic E-state index is 0.0450. The average molecular weight is 569 g/mol. The largest absolute Gasteiger partial charge is 0.384 e. The van der Waals surface area contributed by atoms with Crippen LogP contribution in [0.5, 0.6) is 0 Å². The standard InChI is InChI=1S/C29H40N6O4S/c1-21(36)32-27-14-7-6-9-23(27)20-40(38,39)34-17-15-24(16-18-34)33-29(37)35(25-11-4-2-3-5-12-25)26-13-8-10-22(19-26)28(30)31/h6-10,13-14,19,24-25H,2-5,11-12,15-18,20H2,1H3,(H3,30,31)(H,32,36)(H,33,37). The zero-order chi connectivity index (χ0) is 28.7. The molecule has 216 valence electrons. The predicted octanol–water partition coefficient (Wildman–Crippen LogP) is 4.16. The number of nitrogens with zero attached hydrogens (tertiary/aromatic N) is 2. The summed E-state index contributed by atoms with van der Waals surface area (Å²) < 4.78 is 27.9. The Kier molecular flexibility index (Phi) is 9.80. The maximum atomic E-state index is 13.7. The van der Waals surface area contributed by atoms with Gasteiger partial charge in [-0.1, -0.05) is 56.0 Å².